The van der Waals surface area contributed by atoms with Crippen LogP contribution in [0.15, 0.2) is 16.0 Å². The number of carbonyl (C=O) groups is 1. The first-order chi connectivity index (χ1) is 7.22. The van der Waals surface area contributed by atoms with E-state index in [1.807, 2.05) is 0 Å². The predicted octanol–water partition coefficient (Wildman–Crippen LogP) is 1.89. The molecule has 15 heavy (non-hydrogen) atoms. The largest absolute Gasteiger partial charge is 0.464 e. The van der Waals surface area contributed by atoms with Crippen molar-refractivity contribution in [2.45, 2.75) is 6.92 Å². The maximum atomic E-state index is 11.4. The Morgan fingerprint density at radius 3 is 3.00 bits per heavy atom. The molecule has 0 radical (unpaired) electrons. The minimum atomic E-state index is -0.517. The molecule has 0 amide bonds. The molecule has 6 heteroatoms. The van der Waals surface area contributed by atoms with E-state index in [1.54, 1.807) is 18.5 Å². The highest BCUT2D eigenvalue weighted by atomic mass is 32.1. The summed E-state index contributed by atoms with van der Waals surface area (Å²) in [4.78, 5) is 19.4. The lowest BCUT2D eigenvalue weighted by Crippen LogP contribution is -2.03. The van der Waals surface area contributed by atoms with Gasteiger partial charge < -0.3 is 9.15 Å². The van der Waals surface area contributed by atoms with Crippen LogP contribution in [-0.4, -0.2) is 23.0 Å². The van der Waals surface area contributed by atoms with Gasteiger partial charge in [0, 0.05) is 18.5 Å². The monoisotopic (exact) mass is 224 g/mol. The Bertz CT molecular complexity index is 476. The molecule has 0 aliphatic carbocycles. The van der Waals surface area contributed by atoms with Crippen LogP contribution in [0.25, 0.3) is 10.8 Å². The smallest absolute Gasteiger partial charge is 0.360 e. The van der Waals surface area contributed by atoms with Crippen molar-refractivity contribution in [1.82, 2.24) is 9.97 Å². The molecular formula is C9H8N2O3S. The van der Waals surface area contributed by atoms with E-state index in [4.69, 9.17) is 4.42 Å². The maximum absolute atomic E-state index is 11.4. The van der Waals surface area contributed by atoms with Crippen LogP contribution in [0.3, 0.4) is 0 Å². The Balaban J connectivity index is 2.52. The van der Waals surface area contributed by atoms with Crippen molar-refractivity contribution < 1.29 is 13.9 Å². The summed E-state index contributed by atoms with van der Waals surface area (Å²) in [6, 6.07) is 0. The lowest BCUT2D eigenvalue weighted by molar-refractivity contribution is 0.0595. The number of hydrogen-bond acceptors (Lipinski definition) is 6. The SMILES string of the molecule is COC(=O)c1nc(C)oc1-c1nccs1. The first kappa shape index (κ1) is 9.85. The summed E-state index contributed by atoms with van der Waals surface area (Å²) in [5, 5.41) is 2.42. The van der Waals surface area contributed by atoms with Crippen LogP contribution < -0.4 is 0 Å². The summed E-state index contributed by atoms with van der Waals surface area (Å²) >= 11 is 1.38. The van der Waals surface area contributed by atoms with E-state index in [0.717, 1.165) is 0 Å². The highest BCUT2D eigenvalue weighted by Crippen LogP contribution is 2.26. The third-order valence-electron chi connectivity index (χ3n) is 1.74. The Morgan fingerprint density at radius 1 is 1.60 bits per heavy atom. The lowest BCUT2D eigenvalue weighted by Gasteiger charge is -1.94. The predicted molar refractivity (Wildman–Crippen MR) is 53.7 cm³/mol. The normalized spacial score (nSPS) is 10.3. The molecule has 0 aliphatic heterocycles. The minimum absolute atomic E-state index is 0.171. The van der Waals surface area contributed by atoms with E-state index in [-0.39, 0.29) is 5.69 Å². The fourth-order valence-corrected chi connectivity index (χ4v) is 1.76. The van der Waals surface area contributed by atoms with Gasteiger partial charge in [0.25, 0.3) is 0 Å². The van der Waals surface area contributed by atoms with E-state index in [1.165, 1.54) is 18.4 Å². The highest BCUT2D eigenvalue weighted by molar-refractivity contribution is 7.13. The lowest BCUT2D eigenvalue weighted by atomic mass is 10.3. The number of rotatable bonds is 2. The zero-order valence-electron chi connectivity index (χ0n) is 8.18. The zero-order chi connectivity index (χ0) is 10.8. The van der Waals surface area contributed by atoms with Gasteiger partial charge in [-0.05, 0) is 0 Å². The topological polar surface area (TPSA) is 65.2 Å². The van der Waals surface area contributed by atoms with Gasteiger partial charge in [-0.25, -0.2) is 14.8 Å². The molecule has 5 nitrogen and oxygen atoms in total. The van der Waals surface area contributed by atoms with Gasteiger partial charge in [0.05, 0.1) is 7.11 Å². The quantitative estimate of drug-likeness (QED) is 0.729. The Hall–Kier alpha value is -1.69. The first-order valence-corrected chi connectivity index (χ1v) is 5.06. The molecular weight excluding hydrogens is 216 g/mol. The molecule has 0 aliphatic rings. The molecule has 0 bridgehead atoms. The average Bonchev–Trinajstić information content (AvgIpc) is 2.84. The number of carbonyl (C=O) groups excluding carboxylic acids is 1. The molecule has 0 spiro atoms. The average molecular weight is 224 g/mol. The number of aromatic nitrogens is 2. The van der Waals surface area contributed by atoms with Crippen molar-refractivity contribution in [2.24, 2.45) is 0 Å². The molecule has 0 saturated carbocycles. The second kappa shape index (κ2) is 3.82. The van der Waals surface area contributed by atoms with Gasteiger partial charge in [-0.15, -0.1) is 11.3 Å². The van der Waals surface area contributed by atoms with Crippen LogP contribution in [0.1, 0.15) is 16.4 Å². The number of esters is 1. The minimum Gasteiger partial charge on any atom is -0.464 e. The van der Waals surface area contributed by atoms with Crippen molar-refractivity contribution in [3.8, 4) is 10.8 Å². The molecule has 2 aromatic heterocycles. The first-order valence-electron chi connectivity index (χ1n) is 4.18. The number of oxazole rings is 1. The van der Waals surface area contributed by atoms with Crippen molar-refractivity contribution >= 4 is 17.3 Å². The van der Waals surface area contributed by atoms with Crippen molar-refractivity contribution in [1.29, 1.82) is 0 Å². The summed E-state index contributed by atoms with van der Waals surface area (Å²) in [5.74, 6) is 0.270. The Labute approximate surface area is 89.7 Å². The summed E-state index contributed by atoms with van der Waals surface area (Å²) in [6.45, 7) is 1.67. The van der Waals surface area contributed by atoms with Gasteiger partial charge in [-0.2, -0.15) is 0 Å². The summed E-state index contributed by atoms with van der Waals surface area (Å²) < 4.78 is 9.92. The molecule has 2 aromatic rings. The van der Waals surface area contributed by atoms with E-state index in [0.29, 0.717) is 16.7 Å². The number of hydrogen-bond donors (Lipinski definition) is 0. The zero-order valence-corrected chi connectivity index (χ0v) is 9.00. The molecule has 0 unspecified atom stereocenters. The Morgan fingerprint density at radius 2 is 2.40 bits per heavy atom. The van der Waals surface area contributed by atoms with Gasteiger partial charge in [-0.3, -0.25) is 0 Å². The second-order valence-electron chi connectivity index (χ2n) is 2.74. The molecule has 0 saturated heterocycles. The van der Waals surface area contributed by atoms with Crippen molar-refractivity contribution in [3.63, 3.8) is 0 Å². The summed E-state index contributed by atoms with van der Waals surface area (Å²) in [5.41, 5.74) is 0.171. The molecule has 2 rings (SSSR count). The molecule has 0 atom stereocenters. The van der Waals surface area contributed by atoms with Gasteiger partial charge in [0.1, 0.15) is 0 Å². The molecule has 2 heterocycles. The third kappa shape index (κ3) is 1.75. The van der Waals surface area contributed by atoms with Crippen LogP contribution >= 0.6 is 11.3 Å². The number of methoxy groups -OCH3 is 1. The molecule has 0 fully saturated rings. The maximum Gasteiger partial charge on any atom is 0.360 e. The fourth-order valence-electron chi connectivity index (χ4n) is 1.14. The van der Waals surface area contributed by atoms with Crippen LogP contribution in [0, 0.1) is 6.92 Å². The summed E-state index contributed by atoms with van der Waals surface area (Å²) in [6.07, 6.45) is 1.64. The number of thiazole rings is 1. The second-order valence-corrected chi connectivity index (χ2v) is 3.63. The van der Waals surface area contributed by atoms with Gasteiger partial charge >= 0.3 is 5.97 Å². The van der Waals surface area contributed by atoms with Crippen LogP contribution in [0.5, 0.6) is 0 Å². The van der Waals surface area contributed by atoms with Crippen molar-refractivity contribution in [3.05, 3.63) is 23.2 Å². The highest BCUT2D eigenvalue weighted by Gasteiger charge is 2.22. The van der Waals surface area contributed by atoms with Gasteiger partial charge in [0.2, 0.25) is 0 Å². The molecule has 0 aromatic carbocycles. The third-order valence-corrected chi connectivity index (χ3v) is 2.51. The van der Waals surface area contributed by atoms with Gasteiger partial charge in [0.15, 0.2) is 22.4 Å². The number of ether oxygens (including phenoxy) is 1. The van der Waals surface area contributed by atoms with E-state index < -0.39 is 5.97 Å². The van der Waals surface area contributed by atoms with E-state index >= 15 is 0 Å². The van der Waals surface area contributed by atoms with E-state index in [9.17, 15) is 4.79 Å². The van der Waals surface area contributed by atoms with E-state index in [2.05, 4.69) is 14.7 Å². The van der Waals surface area contributed by atoms with Crippen LogP contribution in [-0.2, 0) is 4.74 Å². The van der Waals surface area contributed by atoms with Crippen LogP contribution in [0.2, 0.25) is 0 Å². The van der Waals surface area contributed by atoms with Crippen molar-refractivity contribution in [2.75, 3.05) is 7.11 Å². The standard InChI is InChI=1S/C9H8N2O3S/c1-5-11-6(9(12)13-2)7(14-5)8-10-3-4-15-8/h3-4H,1-2H3. The Kier molecular flexibility index (Phi) is 2.51. The molecule has 78 valence electrons. The molecule has 0 N–H and O–H groups in total. The fraction of sp³-hybridized carbons (Fsp3) is 0.222. The number of nitrogens with zero attached hydrogens (tertiary/aromatic N) is 2. The van der Waals surface area contributed by atoms with Crippen LogP contribution in [0.4, 0.5) is 0 Å². The van der Waals surface area contributed by atoms with Gasteiger partial charge in [-0.1, -0.05) is 0 Å². The number of aryl methyl sites for hydroxylation is 1. The summed E-state index contributed by atoms with van der Waals surface area (Å²) in [7, 11) is 1.30.